The Morgan fingerprint density at radius 3 is 2.15 bits per heavy atom. The minimum atomic E-state index is 0.852. The van der Waals surface area contributed by atoms with Crippen molar-refractivity contribution in [2.24, 2.45) is 0 Å². The number of hydrogen-bond donors (Lipinski definition) is 0. The fourth-order valence-electron chi connectivity index (χ4n) is 6.20. The lowest BCUT2D eigenvalue weighted by molar-refractivity contribution is 0.481. The van der Waals surface area contributed by atoms with Gasteiger partial charge in [-0.2, -0.15) is 0 Å². The van der Waals surface area contributed by atoms with E-state index in [9.17, 15) is 0 Å². The monoisotopic (exact) mass is 519 g/mol. The molecule has 0 spiro atoms. The standard InChI is InChI=1S/C36H29N3O/c1-3-11-25(12-4-1)26-21-27(32-24-38-20-10-2-5-13-29-18-19-35(40-29)36(38)37-32)23-28(22-26)39-33-16-8-6-14-30(33)31-15-7-9-17-34(31)39/h1,3-4,6-9,11-12,14-19,21-24H,2,5,10,13,20H2. The average Bonchev–Trinajstić information content (AvgIpc) is 3.73. The second-order valence-corrected chi connectivity index (χ2v) is 10.7. The van der Waals surface area contributed by atoms with Gasteiger partial charge < -0.3 is 13.6 Å². The van der Waals surface area contributed by atoms with E-state index in [1.165, 1.54) is 39.4 Å². The lowest BCUT2D eigenvalue weighted by Crippen LogP contribution is -2.00. The van der Waals surface area contributed by atoms with Crippen LogP contribution in [0.15, 0.2) is 120 Å². The summed E-state index contributed by atoms with van der Waals surface area (Å²) in [4.78, 5) is 5.18. The number of benzene rings is 4. The molecular weight excluding hydrogens is 490 g/mol. The van der Waals surface area contributed by atoms with Gasteiger partial charge in [-0.1, -0.05) is 73.2 Å². The normalized spacial score (nSPS) is 13.5. The van der Waals surface area contributed by atoms with Crippen molar-refractivity contribution < 1.29 is 4.42 Å². The zero-order valence-corrected chi connectivity index (χ0v) is 22.3. The second kappa shape index (κ2) is 9.42. The molecule has 7 aromatic rings. The minimum Gasteiger partial charge on any atom is -0.458 e. The van der Waals surface area contributed by atoms with Crippen molar-refractivity contribution in [2.45, 2.75) is 32.2 Å². The molecule has 1 aliphatic heterocycles. The maximum absolute atomic E-state index is 6.22. The van der Waals surface area contributed by atoms with Crippen LogP contribution in [0.4, 0.5) is 0 Å². The molecule has 0 saturated carbocycles. The molecule has 0 unspecified atom stereocenters. The Morgan fingerprint density at radius 2 is 1.35 bits per heavy atom. The molecule has 0 N–H and O–H groups in total. The molecule has 4 heterocycles. The Hall–Kier alpha value is -4.83. The number of fused-ring (bicyclic) bond motifs is 7. The fraction of sp³-hybridized carbons (Fsp3) is 0.139. The molecule has 1 aliphatic rings. The molecule has 4 nitrogen and oxygen atoms in total. The first-order valence-corrected chi connectivity index (χ1v) is 14.2. The number of imidazole rings is 1. The Bertz CT molecular complexity index is 1940. The predicted octanol–water partition coefficient (Wildman–Crippen LogP) is 9.30. The second-order valence-electron chi connectivity index (χ2n) is 10.7. The van der Waals surface area contributed by atoms with Crippen molar-refractivity contribution in [3.8, 4) is 39.7 Å². The molecule has 40 heavy (non-hydrogen) atoms. The van der Waals surface area contributed by atoms with Gasteiger partial charge in [-0.05, 0) is 66.4 Å². The molecule has 0 radical (unpaired) electrons. The third-order valence-corrected chi connectivity index (χ3v) is 8.14. The van der Waals surface area contributed by atoms with E-state index >= 15 is 0 Å². The van der Waals surface area contributed by atoms with Crippen molar-refractivity contribution >= 4 is 21.8 Å². The largest absolute Gasteiger partial charge is 0.458 e. The van der Waals surface area contributed by atoms with Crippen LogP contribution in [0.1, 0.15) is 25.0 Å². The third kappa shape index (κ3) is 3.87. The lowest BCUT2D eigenvalue weighted by atomic mass is 10.0. The molecule has 3 aromatic heterocycles. The van der Waals surface area contributed by atoms with Crippen LogP contribution in [0.2, 0.25) is 0 Å². The van der Waals surface area contributed by atoms with Crippen LogP contribution in [0.3, 0.4) is 0 Å². The first kappa shape index (κ1) is 23.1. The van der Waals surface area contributed by atoms with Crippen LogP contribution in [-0.4, -0.2) is 14.1 Å². The van der Waals surface area contributed by atoms with E-state index in [4.69, 9.17) is 9.40 Å². The number of nitrogens with zero attached hydrogens (tertiary/aromatic N) is 3. The summed E-state index contributed by atoms with van der Waals surface area (Å²) in [6, 6.07) is 39.0. The molecule has 4 heteroatoms. The Kier molecular flexibility index (Phi) is 5.44. The molecule has 8 rings (SSSR count). The smallest absolute Gasteiger partial charge is 0.176 e. The van der Waals surface area contributed by atoms with Gasteiger partial charge >= 0.3 is 0 Å². The van der Waals surface area contributed by atoms with Gasteiger partial charge in [-0.15, -0.1) is 0 Å². The molecule has 0 amide bonds. The highest BCUT2D eigenvalue weighted by molar-refractivity contribution is 6.09. The highest BCUT2D eigenvalue weighted by atomic mass is 16.3. The Morgan fingerprint density at radius 1 is 0.625 bits per heavy atom. The van der Waals surface area contributed by atoms with Crippen LogP contribution < -0.4 is 0 Å². The number of furan rings is 1. The van der Waals surface area contributed by atoms with E-state index in [1.807, 2.05) is 0 Å². The Balaban J connectivity index is 1.37. The first-order chi connectivity index (χ1) is 19.8. The molecule has 194 valence electrons. The Labute approximate surface area is 233 Å². The van der Waals surface area contributed by atoms with Gasteiger partial charge in [0.25, 0.3) is 0 Å². The molecule has 0 fully saturated rings. The molecule has 0 atom stereocenters. The van der Waals surface area contributed by atoms with Crippen molar-refractivity contribution in [1.29, 1.82) is 0 Å². The quantitative estimate of drug-likeness (QED) is 0.233. The summed E-state index contributed by atoms with van der Waals surface area (Å²) in [6.07, 6.45) is 6.68. The van der Waals surface area contributed by atoms with Gasteiger partial charge in [0.15, 0.2) is 11.6 Å². The number of aryl methyl sites for hydroxylation is 2. The zero-order valence-electron chi connectivity index (χ0n) is 22.3. The summed E-state index contributed by atoms with van der Waals surface area (Å²) >= 11 is 0. The molecule has 2 bridgehead atoms. The van der Waals surface area contributed by atoms with Crippen molar-refractivity contribution in [3.05, 3.63) is 121 Å². The maximum Gasteiger partial charge on any atom is 0.176 e. The van der Waals surface area contributed by atoms with Gasteiger partial charge in [0, 0.05) is 41.2 Å². The van der Waals surface area contributed by atoms with E-state index < -0.39 is 0 Å². The predicted molar refractivity (Wildman–Crippen MR) is 163 cm³/mol. The van der Waals surface area contributed by atoms with E-state index in [2.05, 4.69) is 125 Å². The molecule has 4 aromatic carbocycles. The topological polar surface area (TPSA) is 35.9 Å². The van der Waals surface area contributed by atoms with E-state index in [0.29, 0.717) is 0 Å². The summed E-state index contributed by atoms with van der Waals surface area (Å²) in [6.45, 7) is 0.941. The van der Waals surface area contributed by atoms with Crippen LogP contribution in [0, 0.1) is 0 Å². The first-order valence-electron chi connectivity index (χ1n) is 14.2. The summed E-state index contributed by atoms with van der Waals surface area (Å²) in [5, 5.41) is 2.52. The summed E-state index contributed by atoms with van der Waals surface area (Å²) in [7, 11) is 0. The number of aromatic nitrogens is 3. The van der Waals surface area contributed by atoms with E-state index in [-0.39, 0.29) is 0 Å². The number of hydrogen-bond acceptors (Lipinski definition) is 2. The van der Waals surface area contributed by atoms with Gasteiger partial charge in [0.05, 0.1) is 16.7 Å². The van der Waals surface area contributed by atoms with Crippen LogP contribution >= 0.6 is 0 Å². The van der Waals surface area contributed by atoms with Gasteiger partial charge in [0.1, 0.15) is 5.76 Å². The highest BCUT2D eigenvalue weighted by Crippen LogP contribution is 2.36. The van der Waals surface area contributed by atoms with E-state index in [1.54, 1.807) is 0 Å². The van der Waals surface area contributed by atoms with Crippen molar-refractivity contribution in [1.82, 2.24) is 14.1 Å². The van der Waals surface area contributed by atoms with Crippen molar-refractivity contribution in [3.63, 3.8) is 0 Å². The number of para-hydroxylation sites is 2. The van der Waals surface area contributed by atoms with Crippen LogP contribution in [-0.2, 0) is 13.0 Å². The highest BCUT2D eigenvalue weighted by Gasteiger charge is 2.19. The van der Waals surface area contributed by atoms with Crippen LogP contribution in [0.5, 0.6) is 0 Å². The molecule has 0 aliphatic carbocycles. The maximum atomic E-state index is 6.22. The number of rotatable bonds is 3. The zero-order chi connectivity index (χ0) is 26.5. The van der Waals surface area contributed by atoms with Gasteiger partial charge in [-0.25, -0.2) is 4.98 Å². The van der Waals surface area contributed by atoms with Gasteiger partial charge in [-0.3, -0.25) is 0 Å². The summed E-state index contributed by atoms with van der Waals surface area (Å²) < 4.78 is 10.9. The average molecular weight is 520 g/mol. The molecule has 0 saturated heterocycles. The lowest BCUT2D eigenvalue weighted by Gasteiger charge is -2.13. The summed E-state index contributed by atoms with van der Waals surface area (Å²) in [5.74, 6) is 2.81. The van der Waals surface area contributed by atoms with Gasteiger partial charge in [0.2, 0.25) is 0 Å². The van der Waals surface area contributed by atoms with Crippen LogP contribution in [0.25, 0.3) is 61.5 Å². The van der Waals surface area contributed by atoms with Crippen molar-refractivity contribution in [2.75, 3.05) is 0 Å². The third-order valence-electron chi connectivity index (χ3n) is 8.14. The fourth-order valence-corrected chi connectivity index (χ4v) is 6.20. The SMILES string of the molecule is c1ccc(-c2cc(-c3cn4c(n3)-c3ccc(o3)CCCCC4)cc(-n3c4ccccc4c4ccccc43)c2)cc1. The molecular formula is C36H29N3O. The summed E-state index contributed by atoms with van der Waals surface area (Å²) in [5.41, 5.74) is 7.95. The van der Waals surface area contributed by atoms with E-state index in [0.717, 1.165) is 60.1 Å². The minimum absolute atomic E-state index is 0.852.